The fraction of sp³-hybridized carbons (Fsp3) is 0.353. The van der Waals surface area contributed by atoms with Crippen LogP contribution in [0.25, 0.3) is 0 Å². The molecule has 6 nitrogen and oxygen atoms in total. The largest absolute Gasteiger partial charge is 0.493 e. The lowest BCUT2D eigenvalue weighted by molar-refractivity contribution is -0.113. The van der Waals surface area contributed by atoms with E-state index in [1.807, 2.05) is 18.2 Å². The van der Waals surface area contributed by atoms with E-state index in [1.54, 1.807) is 10.6 Å². The van der Waals surface area contributed by atoms with Crippen molar-refractivity contribution in [3.63, 3.8) is 0 Å². The first kappa shape index (κ1) is 18.0. The number of aromatic hydroxyl groups is 1. The predicted octanol–water partition coefficient (Wildman–Crippen LogP) is 3.56. The molecule has 2 N–H and O–H groups in total. The average Bonchev–Trinajstić information content (AvgIpc) is 3.06. The average molecular weight is 424 g/mol. The van der Waals surface area contributed by atoms with Gasteiger partial charge in [-0.15, -0.1) is 0 Å². The van der Waals surface area contributed by atoms with Gasteiger partial charge < -0.3 is 10.4 Å². The SMILES string of the molecule is O=C(CSc1nc(O)cc(=O)n1C1CCCC1)Nc1cccc(Br)c1. The molecule has 0 radical (unpaired) electrons. The molecule has 0 bridgehead atoms. The van der Waals surface area contributed by atoms with E-state index in [-0.39, 0.29) is 29.1 Å². The number of aromatic nitrogens is 2. The van der Waals surface area contributed by atoms with Crippen LogP contribution in [0.3, 0.4) is 0 Å². The van der Waals surface area contributed by atoms with Gasteiger partial charge in [-0.3, -0.25) is 14.2 Å². The summed E-state index contributed by atoms with van der Waals surface area (Å²) in [6.45, 7) is 0. The molecule has 3 rings (SSSR count). The van der Waals surface area contributed by atoms with Gasteiger partial charge >= 0.3 is 0 Å². The van der Waals surface area contributed by atoms with Crippen molar-refractivity contribution in [3.8, 4) is 5.88 Å². The highest BCUT2D eigenvalue weighted by Crippen LogP contribution is 2.31. The van der Waals surface area contributed by atoms with Crippen molar-refractivity contribution in [1.82, 2.24) is 9.55 Å². The predicted molar refractivity (Wildman–Crippen MR) is 101 cm³/mol. The van der Waals surface area contributed by atoms with Crippen LogP contribution >= 0.6 is 27.7 Å². The molecule has 2 aromatic rings. The van der Waals surface area contributed by atoms with Crippen molar-refractivity contribution in [2.45, 2.75) is 36.9 Å². The summed E-state index contributed by atoms with van der Waals surface area (Å²) in [6, 6.07) is 8.54. The number of hydrogen-bond acceptors (Lipinski definition) is 5. The smallest absolute Gasteiger partial charge is 0.258 e. The van der Waals surface area contributed by atoms with Crippen molar-refractivity contribution < 1.29 is 9.90 Å². The number of anilines is 1. The summed E-state index contributed by atoms with van der Waals surface area (Å²) >= 11 is 4.52. The quantitative estimate of drug-likeness (QED) is 0.567. The normalized spacial score (nSPS) is 14.6. The number of benzene rings is 1. The Hall–Kier alpha value is -1.80. The molecule has 0 saturated heterocycles. The Kier molecular flexibility index (Phi) is 5.80. The van der Waals surface area contributed by atoms with E-state index in [4.69, 9.17) is 0 Å². The third-order valence-electron chi connectivity index (χ3n) is 4.04. The molecule has 8 heteroatoms. The first-order valence-electron chi connectivity index (χ1n) is 8.04. The number of rotatable bonds is 5. The van der Waals surface area contributed by atoms with Crippen LogP contribution in [0.15, 0.2) is 44.8 Å². The van der Waals surface area contributed by atoms with E-state index in [2.05, 4.69) is 26.2 Å². The standard InChI is InChI=1S/C17H18BrN3O3S/c18-11-4-3-5-12(8-11)19-15(23)10-25-17-20-14(22)9-16(24)21(17)13-6-1-2-7-13/h3-5,8-9,13,22H,1-2,6-7,10H2,(H,19,23). The first-order chi connectivity index (χ1) is 12.0. The molecule has 1 aliphatic carbocycles. The number of hydrogen-bond donors (Lipinski definition) is 2. The molecule has 1 saturated carbocycles. The second kappa shape index (κ2) is 8.05. The molecule has 1 aliphatic rings. The fourth-order valence-corrected chi connectivity index (χ4v) is 4.22. The third kappa shape index (κ3) is 4.64. The van der Waals surface area contributed by atoms with E-state index >= 15 is 0 Å². The number of amides is 1. The topological polar surface area (TPSA) is 84.2 Å². The number of nitrogens with one attached hydrogen (secondary N) is 1. The number of thioether (sulfide) groups is 1. The molecule has 1 heterocycles. The summed E-state index contributed by atoms with van der Waals surface area (Å²) in [4.78, 5) is 28.5. The fourth-order valence-electron chi connectivity index (χ4n) is 2.95. The number of nitrogens with zero attached hydrogens (tertiary/aromatic N) is 2. The van der Waals surface area contributed by atoms with Crippen LogP contribution in [-0.4, -0.2) is 26.3 Å². The minimum absolute atomic E-state index is 0.0937. The maximum atomic E-state index is 12.3. The van der Waals surface area contributed by atoms with Crippen LogP contribution in [-0.2, 0) is 4.79 Å². The van der Waals surface area contributed by atoms with Gasteiger partial charge in [-0.2, -0.15) is 4.98 Å². The maximum absolute atomic E-state index is 12.3. The molecule has 1 amide bonds. The van der Waals surface area contributed by atoms with Crippen LogP contribution in [0.2, 0.25) is 0 Å². The van der Waals surface area contributed by atoms with E-state index < -0.39 is 0 Å². The number of halogens is 1. The summed E-state index contributed by atoms with van der Waals surface area (Å²) < 4.78 is 2.49. The molecule has 0 spiro atoms. The monoisotopic (exact) mass is 423 g/mol. The van der Waals surface area contributed by atoms with Gasteiger partial charge in [0.1, 0.15) is 0 Å². The van der Waals surface area contributed by atoms with E-state index in [0.717, 1.165) is 48.0 Å². The Morgan fingerprint density at radius 3 is 2.84 bits per heavy atom. The highest BCUT2D eigenvalue weighted by molar-refractivity contribution is 9.10. The summed E-state index contributed by atoms with van der Waals surface area (Å²) in [6.07, 6.45) is 3.99. The zero-order valence-corrected chi connectivity index (χ0v) is 15.8. The van der Waals surface area contributed by atoms with Crippen molar-refractivity contribution in [1.29, 1.82) is 0 Å². The molecular formula is C17H18BrN3O3S. The van der Waals surface area contributed by atoms with E-state index in [0.29, 0.717) is 10.8 Å². The van der Waals surface area contributed by atoms with Gasteiger partial charge in [0.2, 0.25) is 11.8 Å². The summed E-state index contributed by atoms with van der Waals surface area (Å²) in [5.41, 5.74) is 0.423. The molecular weight excluding hydrogens is 406 g/mol. The zero-order valence-electron chi connectivity index (χ0n) is 13.4. The van der Waals surface area contributed by atoms with Crippen molar-refractivity contribution >= 4 is 39.3 Å². The Bertz CT molecular complexity index is 834. The van der Waals surface area contributed by atoms with E-state index in [9.17, 15) is 14.7 Å². The molecule has 25 heavy (non-hydrogen) atoms. The van der Waals surface area contributed by atoms with Crippen molar-refractivity contribution in [3.05, 3.63) is 45.2 Å². The highest BCUT2D eigenvalue weighted by Gasteiger charge is 2.22. The Morgan fingerprint density at radius 1 is 1.36 bits per heavy atom. The minimum atomic E-state index is -0.311. The summed E-state index contributed by atoms with van der Waals surface area (Å²) in [5, 5.41) is 12.8. The van der Waals surface area contributed by atoms with Gasteiger partial charge in [0.15, 0.2) is 5.16 Å². The lowest BCUT2D eigenvalue weighted by atomic mass is 10.2. The second-order valence-electron chi connectivity index (χ2n) is 5.89. The molecule has 0 unspecified atom stereocenters. The number of carbonyl (C=O) groups excluding carboxylic acids is 1. The summed E-state index contributed by atoms with van der Waals surface area (Å²) in [5.74, 6) is -0.400. The minimum Gasteiger partial charge on any atom is -0.493 e. The molecule has 0 aliphatic heterocycles. The van der Waals surface area contributed by atoms with Crippen LogP contribution in [0.5, 0.6) is 5.88 Å². The molecule has 1 aromatic carbocycles. The zero-order chi connectivity index (χ0) is 17.8. The molecule has 132 valence electrons. The van der Waals surface area contributed by atoms with E-state index in [1.165, 1.54) is 0 Å². The Morgan fingerprint density at radius 2 is 2.12 bits per heavy atom. The second-order valence-corrected chi connectivity index (χ2v) is 7.75. The van der Waals surface area contributed by atoms with Gasteiger partial charge in [0.25, 0.3) is 5.56 Å². The summed E-state index contributed by atoms with van der Waals surface area (Å²) in [7, 11) is 0. The molecule has 1 aromatic heterocycles. The lowest BCUT2D eigenvalue weighted by Crippen LogP contribution is -2.26. The Balaban J connectivity index is 1.72. The molecule has 1 fully saturated rings. The number of carbonyl (C=O) groups is 1. The molecule has 0 atom stereocenters. The van der Waals surface area contributed by atoms with Crippen molar-refractivity contribution in [2.24, 2.45) is 0 Å². The first-order valence-corrected chi connectivity index (χ1v) is 9.81. The van der Waals surface area contributed by atoms with Gasteiger partial charge in [-0.1, -0.05) is 46.6 Å². The van der Waals surface area contributed by atoms with Gasteiger partial charge in [0, 0.05) is 16.2 Å². The van der Waals surface area contributed by atoms with Gasteiger partial charge in [-0.25, -0.2) is 0 Å². The van der Waals surface area contributed by atoms with Crippen LogP contribution in [0.4, 0.5) is 5.69 Å². The van der Waals surface area contributed by atoms with Crippen LogP contribution in [0.1, 0.15) is 31.7 Å². The third-order valence-corrected chi connectivity index (χ3v) is 5.48. The highest BCUT2D eigenvalue weighted by atomic mass is 79.9. The van der Waals surface area contributed by atoms with Gasteiger partial charge in [-0.05, 0) is 31.0 Å². The van der Waals surface area contributed by atoms with Crippen LogP contribution < -0.4 is 10.9 Å². The van der Waals surface area contributed by atoms with Crippen molar-refractivity contribution in [2.75, 3.05) is 11.1 Å². The van der Waals surface area contributed by atoms with Gasteiger partial charge in [0.05, 0.1) is 11.8 Å². The lowest BCUT2D eigenvalue weighted by Gasteiger charge is -2.17. The van der Waals surface area contributed by atoms with Crippen LogP contribution in [0, 0.1) is 0 Å². The Labute approximate surface area is 157 Å². The maximum Gasteiger partial charge on any atom is 0.258 e.